The predicted molar refractivity (Wildman–Crippen MR) is 61.1 cm³/mol. The molecule has 0 heterocycles. The van der Waals surface area contributed by atoms with E-state index in [1.807, 2.05) is 6.92 Å². The zero-order chi connectivity index (χ0) is 13.1. The molecule has 0 aromatic rings. The quantitative estimate of drug-likeness (QED) is 0.304. The fraction of sp³-hybridized carbons (Fsp3) is 0.636. The number of nitrogens with one attached hydrogen (secondary N) is 1. The van der Waals surface area contributed by atoms with Crippen LogP contribution in [0, 0.1) is 0 Å². The predicted octanol–water partition coefficient (Wildman–Crippen LogP) is 1.56. The zero-order valence-corrected chi connectivity index (χ0v) is 10.3. The highest BCUT2D eigenvalue weighted by Gasteiger charge is 2.04. The van der Waals surface area contributed by atoms with Crippen LogP contribution in [-0.2, 0) is 19.1 Å². The first kappa shape index (κ1) is 15.4. The molecule has 0 aromatic carbocycles. The highest BCUT2D eigenvalue weighted by atomic mass is 16.7. The fourth-order valence-electron chi connectivity index (χ4n) is 0.748. The lowest BCUT2D eigenvalue weighted by Crippen LogP contribution is -2.26. The van der Waals surface area contributed by atoms with E-state index < -0.39 is 12.1 Å². The first-order valence-electron chi connectivity index (χ1n) is 5.45. The van der Waals surface area contributed by atoms with Crippen LogP contribution in [0.15, 0.2) is 12.2 Å². The van der Waals surface area contributed by atoms with Gasteiger partial charge in [0.1, 0.15) is 13.2 Å². The summed E-state index contributed by atoms with van der Waals surface area (Å²) in [4.78, 5) is 26.7. The van der Waals surface area contributed by atoms with E-state index in [9.17, 15) is 9.59 Å². The second-order valence-electron chi connectivity index (χ2n) is 3.36. The smallest absolute Gasteiger partial charge is 0.431 e. The molecule has 0 bridgehead atoms. The lowest BCUT2D eigenvalue weighted by molar-refractivity contribution is -0.140. The van der Waals surface area contributed by atoms with E-state index in [4.69, 9.17) is 9.57 Å². The van der Waals surface area contributed by atoms with Gasteiger partial charge in [-0.15, -0.1) is 0 Å². The molecule has 17 heavy (non-hydrogen) atoms. The highest BCUT2D eigenvalue weighted by Crippen LogP contribution is 1.92. The maximum atomic E-state index is 11.0. The number of hydroxylamine groups is 1. The summed E-state index contributed by atoms with van der Waals surface area (Å²) in [6.07, 6.45) is 1.14. The lowest BCUT2D eigenvalue weighted by atomic mass is 10.4. The van der Waals surface area contributed by atoms with Gasteiger partial charge < -0.3 is 9.47 Å². The van der Waals surface area contributed by atoms with Crippen molar-refractivity contribution in [3.05, 3.63) is 12.2 Å². The van der Waals surface area contributed by atoms with Gasteiger partial charge in [-0.3, -0.25) is 4.84 Å². The number of carbonyl (C=O) groups excluding carboxylic acids is 2. The average Bonchev–Trinajstić information content (AvgIpc) is 2.29. The summed E-state index contributed by atoms with van der Waals surface area (Å²) < 4.78 is 9.38. The van der Waals surface area contributed by atoms with Gasteiger partial charge in [-0.05, 0) is 13.3 Å². The maximum Gasteiger partial charge on any atom is 0.431 e. The van der Waals surface area contributed by atoms with E-state index in [-0.39, 0.29) is 13.2 Å². The Labute approximate surface area is 101 Å². The Balaban J connectivity index is 3.39. The molecule has 0 radical (unpaired) electrons. The second kappa shape index (κ2) is 9.65. The van der Waals surface area contributed by atoms with Crippen molar-refractivity contribution in [2.24, 2.45) is 0 Å². The number of esters is 1. The molecule has 0 aliphatic heterocycles. The Bertz CT molecular complexity index is 265. The Hall–Kier alpha value is -1.56. The third-order valence-electron chi connectivity index (χ3n) is 1.65. The largest absolute Gasteiger partial charge is 0.459 e. The third-order valence-corrected chi connectivity index (χ3v) is 1.65. The number of carbonyl (C=O) groups is 2. The van der Waals surface area contributed by atoms with Crippen LogP contribution in [0.4, 0.5) is 4.79 Å². The maximum absolute atomic E-state index is 11.0. The SMILES string of the molecule is C=C(C)C(=O)OCCOC(=O)NOCCCC. The molecule has 0 spiro atoms. The summed E-state index contributed by atoms with van der Waals surface area (Å²) in [5, 5.41) is 0. The van der Waals surface area contributed by atoms with Crippen LogP contribution in [0.1, 0.15) is 26.7 Å². The van der Waals surface area contributed by atoms with Gasteiger partial charge in [0, 0.05) is 5.57 Å². The van der Waals surface area contributed by atoms with Gasteiger partial charge in [0.05, 0.1) is 6.61 Å². The minimum Gasteiger partial charge on any atom is -0.459 e. The number of hydrogen-bond donors (Lipinski definition) is 1. The van der Waals surface area contributed by atoms with Crippen LogP contribution >= 0.6 is 0 Å². The van der Waals surface area contributed by atoms with E-state index in [1.54, 1.807) is 0 Å². The summed E-state index contributed by atoms with van der Waals surface area (Å²) in [7, 11) is 0. The van der Waals surface area contributed by atoms with Crippen molar-refractivity contribution < 1.29 is 23.9 Å². The van der Waals surface area contributed by atoms with Crippen molar-refractivity contribution in [2.45, 2.75) is 26.7 Å². The summed E-state index contributed by atoms with van der Waals surface area (Å²) in [6, 6.07) is 0. The van der Waals surface area contributed by atoms with Gasteiger partial charge in [0.15, 0.2) is 0 Å². The van der Waals surface area contributed by atoms with Gasteiger partial charge in [0.2, 0.25) is 0 Å². The highest BCUT2D eigenvalue weighted by molar-refractivity contribution is 5.86. The number of ether oxygens (including phenoxy) is 2. The fourth-order valence-corrected chi connectivity index (χ4v) is 0.748. The summed E-state index contributed by atoms with van der Waals surface area (Å²) in [5.41, 5.74) is 2.41. The molecule has 6 heteroatoms. The molecule has 0 atom stereocenters. The molecule has 98 valence electrons. The molecule has 0 saturated carbocycles. The molecule has 0 aromatic heterocycles. The topological polar surface area (TPSA) is 73.9 Å². The van der Waals surface area contributed by atoms with Crippen molar-refractivity contribution in [3.8, 4) is 0 Å². The van der Waals surface area contributed by atoms with Crippen LogP contribution in [-0.4, -0.2) is 31.9 Å². The average molecular weight is 245 g/mol. The summed E-state index contributed by atoms with van der Waals surface area (Å²) in [5.74, 6) is -0.506. The molecule has 0 unspecified atom stereocenters. The molecule has 0 saturated heterocycles. The molecule has 0 rings (SSSR count). The van der Waals surface area contributed by atoms with Gasteiger partial charge >= 0.3 is 12.1 Å². The van der Waals surface area contributed by atoms with Crippen molar-refractivity contribution in [1.82, 2.24) is 5.48 Å². The third kappa shape index (κ3) is 9.37. The van der Waals surface area contributed by atoms with E-state index in [0.29, 0.717) is 12.2 Å². The van der Waals surface area contributed by atoms with Gasteiger partial charge in [-0.1, -0.05) is 19.9 Å². The van der Waals surface area contributed by atoms with Crippen LogP contribution in [0.25, 0.3) is 0 Å². The number of rotatable bonds is 8. The Morgan fingerprint density at radius 1 is 1.18 bits per heavy atom. The lowest BCUT2D eigenvalue weighted by Gasteiger charge is -2.07. The van der Waals surface area contributed by atoms with Crippen LogP contribution < -0.4 is 5.48 Å². The first-order valence-corrected chi connectivity index (χ1v) is 5.45. The van der Waals surface area contributed by atoms with Crippen LogP contribution in [0.5, 0.6) is 0 Å². The van der Waals surface area contributed by atoms with Gasteiger partial charge in [-0.2, -0.15) is 5.48 Å². The summed E-state index contributed by atoms with van der Waals surface area (Å²) >= 11 is 0. The van der Waals surface area contributed by atoms with E-state index in [0.717, 1.165) is 12.8 Å². The number of hydrogen-bond acceptors (Lipinski definition) is 5. The molecule has 0 fully saturated rings. The first-order chi connectivity index (χ1) is 8.07. The summed E-state index contributed by atoms with van der Waals surface area (Å²) in [6.45, 7) is 7.37. The molecule has 6 nitrogen and oxygen atoms in total. The van der Waals surface area contributed by atoms with E-state index in [2.05, 4.69) is 16.8 Å². The Kier molecular flexibility index (Phi) is 8.77. The monoisotopic (exact) mass is 245 g/mol. The Morgan fingerprint density at radius 3 is 2.41 bits per heavy atom. The van der Waals surface area contributed by atoms with Crippen LogP contribution in [0.2, 0.25) is 0 Å². The standard InChI is InChI=1S/C11H19NO5/c1-4-5-6-17-12-11(14)16-8-7-15-10(13)9(2)3/h2,4-8H2,1,3H3,(H,12,14). The molecule has 1 N–H and O–H groups in total. The number of amides is 1. The number of unbranched alkanes of at least 4 members (excludes halogenated alkanes) is 1. The molecular weight excluding hydrogens is 226 g/mol. The molecule has 0 aliphatic carbocycles. The Morgan fingerprint density at radius 2 is 1.82 bits per heavy atom. The normalized spacial score (nSPS) is 9.53. The van der Waals surface area contributed by atoms with Crippen molar-refractivity contribution in [2.75, 3.05) is 19.8 Å². The second-order valence-corrected chi connectivity index (χ2v) is 3.36. The van der Waals surface area contributed by atoms with Crippen molar-refractivity contribution in [1.29, 1.82) is 0 Å². The van der Waals surface area contributed by atoms with Crippen molar-refractivity contribution >= 4 is 12.1 Å². The van der Waals surface area contributed by atoms with E-state index >= 15 is 0 Å². The zero-order valence-electron chi connectivity index (χ0n) is 10.3. The van der Waals surface area contributed by atoms with Gasteiger partial charge in [-0.25, -0.2) is 9.59 Å². The van der Waals surface area contributed by atoms with Crippen molar-refractivity contribution in [3.63, 3.8) is 0 Å². The van der Waals surface area contributed by atoms with Crippen LogP contribution in [0.3, 0.4) is 0 Å². The minimum atomic E-state index is -0.701. The minimum absolute atomic E-state index is 0.00588. The molecule has 1 amide bonds. The molecular formula is C11H19NO5. The van der Waals surface area contributed by atoms with E-state index in [1.165, 1.54) is 6.92 Å². The molecule has 0 aliphatic rings. The van der Waals surface area contributed by atoms with Gasteiger partial charge in [0.25, 0.3) is 0 Å².